The van der Waals surface area contributed by atoms with Gasteiger partial charge in [0.1, 0.15) is 0 Å². The molecule has 0 saturated carbocycles. The third-order valence-corrected chi connectivity index (χ3v) is 3.50. The van der Waals surface area contributed by atoms with Crippen LogP contribution in [0.3, 0.4) is 0 Å². The van der Waals surface area contributed by atoms with E-state index in [0.717, 1.165) is 45.6 Å². The standard InChI is InChI=1S/C14H24N4O/c1-13-11-16-18(12-13)10-7-15-6-5-14(19)17-8-3-2-4-9-17/h11-12,15H,2-10H2,1H3. The maximum atomic E-state index is 11.9. The SMILES string of the molecule is Cc1cnn(CCNCCC(=O)N2CCCCC2)c1. The van der Waals surface area contributed by atoms with E-state index in [1.54, 1.807) is 0 Å². The van der Waals surface area contributed by atoms with E-state index in [2.05, 4.69) is 10.4 Å². The molecule has 0 aromatic carbocycles. The van der Waals surface area contributed by atoms with Crippen LogP contribution in [0, 0.1) is 6.92 Å². The molecule has 2 heterocycles. The first-order valence-electron chi connectivity index (χ1n) is 7.23. The van der Waals surface area contributed by atoms with Crippen LogP contribution < -0.4 is 5.32 Å². The molecule has 1 N–H and O–H groups in total. The number of carbonyl (C=O) groups excluding carboxylic acids is 1. The second kappa shape index (κ2) is 7.28. The van der Waals surface area contributed by atoms with Gasteiger partial charge in [-0.1, -0.05) is 0 Å². The van der Waals surface area contributed by atoms with E-state index in [4.69, 9.17) is 0 Å². The van der Waals surface area contributed by atoms with Crippen LogP contribution in [0.15, 0.2) is 12.4 Å². The number of likely N-dealkylation sites (tertiary alicyclic amines) is 1. The summed E-state index contributed by atoms with van der Waals surface area (Å²) in [4.78, 5) is 13.9. The van der Waals surface area contributed by atoms with Crippen LogP contribution in [0.5, 0.6) is 0 Å². The van der Waals surface area contributed by atoms with Gasteiger partial charge in [-0.15, -0.1) is 0 Å². The van der Waals surface area contributed by atoms with Crippen molar-refractivity contribution < 1.29 is 4.79 Å². The fourth-order valence-corrected chi connectivity index (χ4v) is 2.40. The number of hydrogen-bond donors (Lipinski definition) is 1. The van der Waals surface area contributed by atoms with Crippen molar-refractivity contribution in [2.45, 2.75) is 39.2 Å². The van der Waals surface area contributed by atoms with Crippen molar-refractivity contribution in [3.63, 3.8) is 0 Å². The lowest BCUT2D eigenvalue weighted by Gasteiger charge is -2.26. The summed E-state index contributed by atoms with van der Waals surface area (Å²) in [5.41, 5.74) is 1.18. The van der Waals surface area contributed by atoms with Gasteiger partial charge in [0, 0.05) is 38.8 Å². The molecule has 5 heteroatoms. The van der Waals surface area contributed by atoms with Crippen LogP contribution in [0.4, 0.5) is 0 Å². The van der Waals surface area contributed by atoms with Gasteiger partial charge in [0.2, 0.25) is 5.91 Å². The van der Waals surface area contributed by atoms with Gasteiger partial charge in [0.25, 0.3) is 0 Å². The zero-order chi connectivity index (χ0) is 13.5. The number of rotatable bonds is 6. The summed E-state index contributed by atoms with van der Waals surface area (Å²) < 4.78 is 1.93. The summed E-state index contributed by atoms with van der Waals surface area (Å²) in [6, 6.07) is 0. The minimum atomic E-state index is 0.294. The zero-order valence-electron chi connectivity index (χ0n) is 11.8. The molecule has 0 unspecified atom stereocenters. The molecule has 0 aliphatic carbocycles. The number of aromatic nitrogens is 2. The number of nitrogens with zero attached hydrogens (tertiary/aromatic N) is 3. The lowest BCUT2D eigenvalue weighted by molar-refractivity contribution is -0.131. The fraction of sp³-hybridized carbons (Fsp3) is 0.714. The summed E-state index contributed by atoms with van der Waals surface area (Å²) in [7, 11) is 0. The van der Waals surface area contributed by atoms with Gasteiger partial charge in [0.15, 0.2) is 0 Å². The Balaban J connectivity index is 1.55. The minimum absolute atomic E-state index is 0.294. The number of carbonyl (C=O) groups is 1. The van der Waals surface area contributed by atoms with Gasteiger partial charge in [0.05, 0.1) is 12.7 Å². The van der Waals surface area contributed by atoms with Crippen LogP contribution in [-0.4, -0.2) is 46.8 Å². The summed E-state index contributed by atoms with van der Waals surface area (Å²) in [6.45, 7) is 6.40. The number of amides is 1. The number of piperidine rings is 1. The van der Waals surface area contributed by atoms with E-state index < -0.39 is 0 Å². The Kier molecular flexibility index (Phi) is 5.39. The monoisotopic (exact) mass is 264 g/mol. The van der Waals surface area contributed by atoms with E-state index >= 15 is 0 Å². The summed E-state index contributed by atoms with van der Waals surface area (Å²) >= 11 is 0. The third-order valence-electron chi connectivity index (χ3n) is 3.50. The minimum Gasteiger partial charge on any atom is -0.343 e. The quantitative estimate of drug-likeness (QED) is 0.785. The maximum absolute atomic E-state index is 11.9. The van der Waals surface area contributed by atoms with Gasteiger partial charge < -0.3 is 10.2 Å². The highest BCUT2D eigenvalue weighted by Crippen LogP contribution is 2.09. The van der Waals surface area contributed by atoms with Crippen molar-refractivity contribution >= 4 is 5.91 Å². The largest absolute Gasteiger partial charge is 0.343 e. The van der Waals surface area contributed by atoms with Crippen LogP contribution in [0.2, 0.25) is 0 Å². The highest BCUT2D eigenvalue weighted by molar-refractivity contribution is 5.76. The van der Waals surface area contributed by atoms with E-state index in [0.29, 0.717) is 12.3 Å². The molecule has 1 fully saturated rings. The Bertz CT molecular complexity index is 396. The average molecular weight is 264 g/mol. The lowest BCUT2D eigenvalue weighted by Crippen LogP contribution is -2.37. The normalized spacial score (nSPS) is 15.7. The van der Waals surface area contributed by atoms with Crippen LogP contribution in [-0.2, 0) is 11.3 Å². The highest BCUT2D eigenvalue weighted by Gasteiger charge is 2.15. The van der Waals surface area contributed by atoms with Crippen molar-refractivity contribution in [2.24, 2.45) is 0 Å². The molecular weight excluding hydrogens is 240 g/mol. The van der Waals surface area contributed by atoms with Crippen molar-refractivity contribution in [3.8, 4) is 0 Å². The molecule has 1 amide bonds. The molecule has 2 rings (SSSR count). The molecule has 0 radical (unpaired) electrons. The molecule has 106 valence electrons. The Hall–Kier alpha value is -1.36. The predicted octanol–water partition coefficient (Wildman–Crippen LogP) is 1.18. The van der Waals surface area contributed by atoms with Crippen molar-refractivity contribution in [1.29, 1.82) is 0 Å². The first-order chi connectivity index (χ1) is 9.25. The third kappa shape index (κ3) is 4.67. The molecule has 5 nitrogen and oxygen atoms in total. The van der Waals surface area contributed by atoms with Crippen LogP contribution >= 0.6 is 0 Å². The molecule has 0 bridgehead atoms. The molecule has 19 heavy (non-hydrogen) atoms. The zero-order valence-corrected chi connectivity index (χ0v) is 11.8. The number of hydrogen-bond acceptors (Lipinski definition) is 3. The summed E-state index contributed by atoms with van der Waals surface area (Å²) in [5.74, 6) is 0.294. The Labute approximate surface area is 115 Å². The van der Waals surface area contributed by atoms with Gasteiger partial charge in [-0.2, -0.15) is 5.10 Å². The van der Waals surface area contributed by atoms with E-state index in [1.165, 1.54) is 12.0 Å². The average Bonchev–Trinajstić information content (AvgIpc) is 2.85. The molecule has 1 aromatic rings. The van der Waals surface area contributed by atoms with Crippen molar-refractivity contribution in [3.05, 3.63) is 18.0 Å². The van der Waals surface area contributed by atoms with Gasteiger partial charge in [-0.05, 0) is 31.7 Å². The predicted molar refractivity (Wildman–Crippen MR) is 74.9 cm³/mol. The molecule has 0 spiro atoms. The molecular formula is C14H24N4O. The maximum Gasteiger partial charge on any atom is 0.223 e. The van der Waals surface area contributed by atoms with Crippen LogP contribution in [0.25, 0.3) is 0 Å². The molecule has 1 aromatic heterocycles. The second-order valence-corrected chi connectivity index (χ2v) is 5.22. The Morgan fingerprint density at radius 2 is 2.11 bits per heavy atom. The second-order valence-electron chi connectivity index (χ2n) is 5.22. The molecule has 0 atom stereocenters. The fourth-order valence-electron chi connectivity index (χ4n) is 2.40. The van der Waals surface area contributed by atoms with E-state index in [-0.39, 0.29) is 0 Å². The first-order valence-corrected chi connectivity index (χ1v) is 7.23. The summed E-state index contributed by atoms with van der Waals surface area (Å²) in [5, 5.41) is 7.53. The number of aryl methyl sites for hydroxylation is 1. The summed E-state index contributed by atoms with van der Waals surface area (Å²) in [6.07, 6.45) is 8.10. The number of nitrogens with one attached hydrogen (secondary N) is 1. The first kappa shape index (κ1) is 14.1. The molecule has 1 aliphatic rings. The van der Waals surface area contributed by atoms with E-state index in [9.17, 15) is 4.79 Å². The highest BCUT2D eigenvalue weighted by atomic mass is 16.2. The Morgan fingerprint density at radius 1 is 1.32 bits per heavy atom. The van der Waals surface area contributed by atoms with Crippen LogP contribution in [0.1, 0.15) is 31.2 Å². The van der Waals surface area contributed by atoms with Crippen molar-refractivity contribution in [1.82, 2.24) is 20.0 Å². The molecule has 1 saturated heterocycles. The smallest absolute Gasteiger partial charge is 0.223 e. The topological polar surface area (TPSA) is 50.2 Å². The Morgan fingerprint density at radius 3 is 2.79 bits per heavy atom. The lowest BCUT2D eigenvalue weighted by atomic mass is 10.1. The van der Waals surface area contributed by atoms with Gasteiger partial charge in [-0.3, -0.25) is 9.48 Å². The van der Waals surface area contributed by atoms with E-state index in [1.807, 2.05) is 28.9 Å². The van der Waals surface area contributed by atoms with Gasteiger partial charge in [-0.25, -0.2) is 0 Å². The molecule has 1 aliphatic heterocycles. The van der Waals surface area contributed by atoms with Crippen molar-refractivity contribution in [2.75, 3.05) is 26.2 Å². The van der Waals surface area contributed by atoms with Gasteiger partial charge >= 0.3 is 0 Å².